The zero-order chi connectivity index (χ0) is 30.4. The van der Waals surface area contributed by atoms with Crippen molar-refractivity contribution in [2.75, 3.05) is 39.4 Å². The number of fused-ring (bicyclic) bond motifs is 2. The molecule has 0 aliphatic carbocycles. The maximum absolute atomic E-state index is 15.3. The van der Waals surface area contributed by atoms with E-state index in [2.05, 4.69) is 36.1 Å². The van der Waals surface area contributed by atoms with Gasteiger partial charge in [-0.25, -0.2) is 13.6 Å². The van der Waals surface area contributed by atoms with Crippen molar-refractivity contribution < 1.29 is 27.8 Å². The molecule has 3 aliphatic heterocycles. The number of likely N-dealkylation sites (tertiary alicyclic amines) is 1. The average Bonchev–Trinajstić information content (AvgIpc) is 3.39. The molecule has 0 spiro atoms. The number of benzene rings is 1. The van der Waals surface area contributed by atoms with Crippen LogP contribution in [0.3, 0.4) is 0 Å². The van der Waals surface area contributed by atoms with Crippen LogP contribution in [0.4, 0.5) is 13.6 Å². The molecule has 0 radical (unpaired) electrons. The first-order valence-corrected chi connectivity index (χ1v) is 15.4. The van der Waals surface area contributed by atoms with E-state index in [4.69, 9.17) is 25.8 Å². The maximum atomic E-state index is 15.3. The third-order valence-electron chi connectivity index (χ3n) is 8.24. The molecule has 10 nitrogen and oxygen atoms in total. The second kappa shape index (κ2) is 12.0. The topological polar surface area (TPSA) is 109 Å². The number of hydrogen-bond acceptors (Lipinski definition) is 8. The number of hydrogen-bond donors (Lipinski definition) is 2. The van der Waals surface area contributed by atoms with Crippen molar-refractivity contribution in [1.82, 2.24) is 25.1 Å². The Labute approximate surface area is 256 Å². The Kier molecular flexibility index (Phi) is 8.95. The van der Waals surface area contributed by atoms with Gasteiger partial charge < -0.3 is 24.4 Å². The van der Waals surface area contributed by atoms with Gasteiger partial charge in [0.25, 0.3) is 11.6 Å². The predicted molar refractivity (Wildman–Crippen MR) is 158 cm³/mol. The number of nitrogens with zero attached hydrogens (tertiary/aromatic N) is 3. The van der Waals surface area contributed by atoms with Crippen LogP contribution < -0.4 is 20.3 Å². The van der Waals surface area contributed by atoms with Gasteiger partial charge in [-0.05, 0) is 69.4 Å². The van der Waals surface area contributed by atoms with Gasteiger partial charge in [-0.2, -0.15) is 4.98 Å². The number of ether oxygens (including phenoxy) is 3. The largest absolute Gasteiger partial charge is 0.490 e. The van der Waals surface area contributed by atoms with Crippen LogP contribution in [0.1, 0.15) is 53.4 Å². The number of aromatic amines is 1. The molecular weight excluding hydrogens is 640 g/mol. The predicted octanol–water partition coefficient (Wildman–Crippen LogP) is 4.80. The molecule has 0 bridgehead atoms. The van der Waals surface area contributed by atoms with E-state index in [-0.39, 0.29) is 63.5 Å². The summed E-state index contributed by atoms with van der Waals surface area (Å²) < 4.78 is 46.5. The molecule has 4 atom stereocenters. The lowest BCUT2D eigenvalue weighted by atomic mass is 9.95. The van der Waals surface area contributed by atoms with Crippen molar-refractivity contribution in [2.24, 2.45) is 0 Å². The number of H-pyrrole nitrogens is 1. The summed E-state index contributed by atoms with van der Waals surface area (Å²) in [6.07, 6.45) is 1.64. The highest BCUT2D eigenvalue weighted by Crippen LogP contribution is 2.42. The number of aromatic nitrogens is 2. The zero-order valence-electron chi connectivity index (χ0n) is 24.2. The van der Waals surface area contributed by atoms with Crippen molar-refractivity contribution in [3.05, 3.63) is 25.7 Å². The van der Waals surface area contributed by atoms with Gasteiger partial charge >= 0.3 is 6.09 Å². The first-order chi connectivity index (χ1) is 19.8. The van der Waals surface area contributed by atoms with Gasteiger partial charge in [0.05, 0.1) is 16.1 Å². The molecule has 4 heterocycles. The molecule has 2 aromatic rings. The number of carbonyl (C=O) groups is 1. The number of rotatable bonds is 9. The Morgan fingerprint density at radius 1 is 1.33 bits per heavy atom. The van der Waals surface area contributed by atoms with Crippen molar-refractivity contribution in [3.63, 3.8) is 0 Å². The van der Waals surface area contributed by atoms with E-state index in [1.165, 1.54) is 0 Å². The molecular formula is C28H37BrClF2N5O5. The normalized spacial score (nSPS) is 24.9. The van der Waals surface area contributed by atoms with Gasteiger partial charge in [-0.3, -0.25) is 14.7 Å². The molecule has 1 unspecified atom stereocenters. The summed E-state index contributed by atoms with van der Waals surface area (Å²) in [6, 6.07) is -0.221. The lowest BCUT2D eigenvalue weighted by molar-refractivity contribution is -0.0116. The van der Waals surface area contributed by atoms with E-state index >= 15 is 4.39 Å². The summed E-state index contributed by atoms with van der Waals surface area (Å²) in [6.45, 7) is 9.86. The van der Waals surface area contributed by atoms with Crippen molar-refractivity contribution in [1.29, 1.82) is 0 Å². The highest BCUT2D eigenvalue weighted by molar-refractivity contribution is 9.10. The minimum atomic E-state index is -0.928. The molecule has 14 heteroatoms. The van der Waals surface area contributed by atoms with Gasteiger partial charge in [0.2, 0.25) is 0 Å². The first kappa shape index (κ1) is 31.2. The molecule has 1 amide bonds. The maximum Gasteiger partial charge on any atom is 0.410 e. The van der Waals surface area contributed by atoms with Gasteiger partial charge in [-0.15, -0.1) is 0 Å². The SMILES string of the molecule is CC(NCCOc1c(Cl)c(Br)c(F)c2nc(OC[C@@]34CCCN3C[C@H](F)C4)[nH]c(=O)c12)[C@H]1CCN1C(=O)OC(C)(C)C. The molecule has 3 fully saturated rings. The van der Waals surface area contributed by atoms with E-state index in [0.29, 0.717) is 26.1 Å². The summed E-state index contributed by atoms with van der Waals surface area (Å²) in [5.74, 6) is -0.826. The summed E-state index contributed by atoms with van der Waals surface area (Å²) >= 11 is 9.55. The highest BCUT2D eigenvalue weighted by Gasteiger charge is 2.49. The van der Waals surface area contributed by atoms with E-state index in [1.54, 1.807) is 4.90 Å². The second-order valence-corrected chi connectivity index (χ2v) is 13.5. The van der Waals surface area contributed by atoms with Crippen LogP contribution in [-0.2, 0) is 4.74 Å². The Balaban J connectivity index is 1.25. The zero-order valence-corrected chi connectivity index (χ0v) is 26.5. The number of nitrogens with one attached hydrogen (secondary N) is 2. The fourth-order valence-electron chi connectivity index (χ4n) is 6.14. The van der Waals surface area contributed by atoms with Gasteiger partial charge in [0.15, 0.2) is 11.6 Å². The van der Waals surface area contributed by atoms with E-state index in [9.17, 15) is 14.0 Å². The molecule has 3 aliphatic rings. The lowest BCUT2D eigenvalue weighted by Crippen LogP contribution is -2.60. The van der Waals surface area contributed by atoms with E-state index in [0.717, 1.165) is 25.8 Å². The Morgan fingerprint density at radius 3 is 2.79 bits per heavy atom. The molecule has 2 N–H and O–H groups in total. The second-order valence-electron chi connectivity index (χ2n) is 12.4. The Bertz CT molecular complexity index is 1410. The summed E-state index contributed by atoms with van der Waals surface area (Å²) in [4.78, 5) is 36.2. The van der Waals surface area contributed by atoms with Gasteiger partial charge in [0, 0.05) is 32.1 Å². The standard InChI is InChI=1S/C28H37BrClF2N5O5/c1-15(17-6-10-37(17)26(39)42-27(2,3)4)33-8-11-40-23-18-22(21(32)19(29)20(23)30)34-25(35-24(18)38)41-14-28-7-5-9-36(28)13-16(31)12-28/h15-17,33H,5-14H2,1-4H3,(H,34,35,38)/t15?,16-,17-,28+/m1/s1. The van der Waals surface area contributed by atoms with Gasteiger partial charge in [0.1, 0.15) is 40.9 Å². The minimum absolute atomic E-state index is 0.00894. The molecule has 5 rings (SSSR count). The van der Waals surface area contributed by atoms with Crippen LogP contribution in [0.25, 0.3) is 10.9 Å². The van der Waals surface area contributed by atoms with Crippen molar-refractivity contribution in [3.8, 4) is 11.8 Å². The smallest absolute Gasteiger partial charge is 0.410 e. The van der Waals surface area contributed by atoms with Crippen LogP contribution in [0.2, 0.25) is 5.02 Å². The van der Waals surface area contributed by atoms with Crippen molar-refractivity contribution >= 4 is 44.5 Å². The Hall–Kier alpha value is -2.22. The van der Waals surface area contributed by atoms with Crippen LogP contribution >= 0.6 is 27.5 Å². The van der Waals surface area contributed by atoms with Crippen LogP contribution in [-0.4, -0.2) is 94.6 Å². The number of alkyl halides is 1. The minimum Gasteiger partial charge on any atom is -0.490 e. The molecule has 42 heavy (non-hydrogen) atoms. The fraction of sp³-hybridized carbons (Fsp3) is 0.679. The molecule has 232 valence electrons. The highest BCUT2D eigenvalue weighted by atomic mass is 79.9. The number of amides is 1. The van der Waals surface area contributed by atoms with Crippen LogP contribution in [0.15, 0.2) is 9.27 Å². The van der Waals surface area contributed by atoms with Crippen molar-refractivity contribution in [2.45, 2.75) is 82.8 Å². The third-order valence-corrected chi connectivity index (χ3v) is 9.58. The van der Waals surface area contributed by atoms with E-state index in [1.807, 2.05) is 27.7 Å². The monoisotopic (exact) mass is 675 g/mol. The van der Waals surface area contributed by atoms with Gasteiger partial charge in [-0.1, -0.05) is 11.6 Å². The molecule has 3 saturated heterocycles. The Morgan fingerprint density at radius 2 is 2.10 bits per heavy atom. The molecule has 1 aromatic heterocycles. The summed E-state index contributed by atoms with van der Waals surface area (Å²) in [7, 11) is 0. The first-order valence-electron chi connectivity index (χ1n) is 14.3. The van der Waals surface area contributed by atoms with E-state index < -0.39 is 28.7 Å². The summed E-state index contributed by atoms with van der Waals surface area (Å²) in [5.41, 5.74) is -1.94. The fourth-order valence-corrected chi connectivity index (χ4v) is 6.74. The lowest BCUT2D eigenvalue weighted by Gasteiger charge is -2.44. The molecule has 1 aromatic carbocycles. The quantitative estimate of drug-likeness (QED) is 0.288. The summed E-state index contributed by atoms with van der Waals surface area (Å²) in [5, 5.41) is 3.10. The average molecular weight is 677 g/mol. The molecule has 0 saturated carbocycles. The number of halogens is 4. The number of carbonyl (C=O) groups excluding carboxylic acids is 1. The third kappa shape index (κ3) is 6.20. The van der Waals surface area contributed by atoms with Crippen LogP contribution in [0, 0.1) is 5.82 Å². The van der Waals surface area contributed by atoms with Crippen LogP contribution in [0.5, 0.6) is 11.8 Å².